The Hall–Kier alpha value is -1.36. The number of carbonyl (C=O) groups excluding carboxylic acids is 1. The first kappa shape index (κ1) is 10.8. The van der Waals surface area contributed by atoms with Gasteiger partial charge in [-0.3, -0.25) is 4.79 Å². The minimum Gasteiger partial charge on any atom is -0.372 e. The molecule has 0 N–H and O–H groups in total. The Morgan fingerprint density at radius 1 is 1.24 bits per heavy atom. The number of aromatic nitrogens is 2. The van der Waals surface area contributed by atoms with Crippen LogP contribution in [0.15, 0.2) is 6.20 Å². The Bertz CT molecular complexity index is 398. The van der Waals surface area contributed by atoms with Gasteiger partial charge in [-0.1, -0.05) is 0 Å². The number of imidazole rings is 1. The second kappa shape index (κ2) is 4.49. The van der Waals surface area contributed by atoms with Crippen molar-refractivity contribution in [3.63, 3.8) is 0 Å². The SMILES string of the molecule is O=C(c1cn2c(n1)COCC2)N1CCCCC1. The smallest absolute Gasteiger partial charge is 0.274 e. The molecular formula is C12H17N3O2. The fraction of sp³-hybridized carbons (Fsp3) is 0.667. The van der Waals surface area contributed by atoms with Crippen LogP contribution in [-0.2, 0) is 17.9 Å². The van der Waals surface area contributed by atoms with E-state index in [4.69, 9.17) is 4.74 Å². The predicted molar refractivity (Wildman–Crippen MR) is 61.6 cm³/mol. The summed E-state index contributed by atoms with van der Waals surface area (Å²) < 4.78 is 7.35. The van der Waals surface area contributed by atoms with E-state index < -0.39 is 0 Å². The van der Waals surface area contributed by atoms with E-state index in [2.05, 4.69) is 4.98 Å². The van der Waals surface area contributed by atoms with E-state index >= 15 is 0 Å². The van der Waals surface area contributed by atoms with E-state index in [0.717, 1.165) is 38.3 Å². The molecule has 0 aromatic carbocycles. The van der Waals surface area contributed by atoms with Crippen molar-refractivity contribution >= 4 is 5.91 Å². The summed E-state index contributed by atoms with van der Waals surface area (Å²) >= 11 is 0. The van der Waals surface area contributed by atoms with E-state index in [1.54, 1.807) is 0 Å². The monoisotopic (exact) mass is 235 g/mol. The van der Waals surface area contributed by atoms with Crippen LogP contribution in [0, 0.1) is 0 Å². The number of likely N-dealkylation sites (tertiary alicyclic amines) is 1. The number of ether oxygens (including phenoxy) is 1. The van der Waals surface area contributed by atoms with Gasteiger partial charge >= 0.3 is 0 Å². The third-order valence-electron chi connectivity index (χ3n) is 3.43. The molecule has 5 nitrogen and oxygen atoms in total. The molecule has 2 aliphatic rings. The zero-order chi connectivity index (χ0) is 11.7. The van der Waals surface area contributed by atoms with E-state index in [9.17, 15) is 4.79 Å². The predicted octanol–water partition coefficient (Wildman–Crippen LogP) is 1.04. The van der Waals surface area contributed by atoms with Gasteiger partial charge in [0.15, 0.2) is 0 Å². The van der Waals surface area contributed by atoms with Gasteiger partial charge in [0.1, 0.15) is 18.1 Å². The van der Waals surface area contributed by atoms with Crippen LogP contribution >= 0.6 is 0 Å². The van der Waals surface area contributed by atoms with Crippen LogP contribution in [0.2, 0.25) is 0 Å². The van der Waals surface area contributed by atoms with E-state index in [0.29, 0.717) is 18.9 Å². The zero-order valence-corrected chi connectivity index (χ0v) is 9.89. The molecule has 0 atom stereocenters. The fourth-order valence-corrected chi connectivity index (χ4v) is 2.45. The molecule has 5 heteroatoms. The lowest BCUT2D eigenvalue weighted by atomic mass is 10.1. The largest absolute Gasteiger partial charge is 0.372 e. The van der Waals surface area contributed by atoms with Gasteiger partial charge in [0.05, 0.1) is 6.61 Å². The highest BCUT2D eigenvalue weighted by Gasteiger charge is 2.22. The number of hydrogen-bond donors (Lipinski definition) is 0. The topological polar surface area (TPSA) is 47.4 Å². The Labute approximate surface area is 100 Å². The second-order valence-corrected chi connectivity index (χ2v) is 4.64. The molecule has 0 radical (unpaired) electrons. The Kier molecular flexibility index (Phi) is 2.84. The summed E-state index contributed by atoms with van der Waals surface area (Å²) in [7, 11) is 0. The molecule has 1 fully saturated rings. The molecule has 3 heterocycles. The summed E-state index contributed by atoms with van der Waals surface area (Å²) in [6.07, 6.45) is 5.33. The van der Waals surface area contributed by atoms with E-state index in [1.165, 1.54) is 6.42 Å². The van der Waals surface area contributed by atoms with Crippen molar-refractivity contribution in [2.75, 3.05) is 19.7 Å². The maximum Gasteiger partial charge on any atom is 0.274 e. The van der Waals surface area contributed by atoms with Crippen LogP contribution in [0.5, 0.6) is 0 Å². The number of rotatable bonds is 1. The minimum absolute atomic E-state index is 0.0756. The molecule has 0 aliphatic carbocycles. The Morgan fingerprint density at radius 3 is 2.82 bits per heavy atom. The maximum atomic E-state index is 12.2. The average Bonchev–Trinajstić information content (AvgIpc) is 2.82. The van der Waals surface area contributed by atoms with Crippen molar-refractivity contribution in [1.29, 1.82) is 0 Å². The molecule has 0 saturated carbocycles. The van der Waals surface area contributed by atoms with Gasteiger partial charge in [0.25, 0.3) is 5.91 Å². The Morgan fingerprint density at radius 2 is 2.06 bits per heavy atom. The van der Waals surface area contributed by atoms with Crippen LogP contribution in [0.1, 0.15) is 35.6 Å². The minimum atomic E-state index is 0.0756. The van der Waals surface area contributed by atoms with Crippen LogP contribution in [0.3, 0.4) is 0 Å². The van der Waals surface area contributed by atoms with Gasteiger partial charge in [-0.15, -0.1) is 0 Å². The molecule has 1 aromatic heterocycles. The Balaban J connectivity index is 1.78. The molecule has 1 saturated heterocycles. The van der Waals surface area contributed by atoms with Crippen LogP contribution in [0.4, 0.5) is 0 Å². The van der Waals surface area contributed by atoms with Gasteiger partial charge in [-0.25, -0.2) is 4.98 Å². The summed E-state index contributed by atoms with van der Waals surface area (Å²) in [5.74, 6) is 0.947. The van der Waals surface area contributed by atoms with Crippen molar-refractivity contribution in [2.24, 2.45) is 0 Å². The summed E-state index contributed by atoms with van der Waals surface area (Å²) in [6, 6.07) is 0. The first-order valence-corrected chi connectivity index (χ1v) is 6.28. The first-order chi connectivity index (χ1) is 8.34. The molecule has 17 heavy (non-hydrogen) atoms. The van der Waals surface area contributed by atoms with Crippen LogP contribution in [0.25, 0.3) is 0 Å². The molecule has 1 amide bonds. The number of fused-ring (bicyclic) bond motifs is 1. The molecular weight excluding hydrogens is 218 g/mol. The normalized spacial score (nSPS) is 20.1. The molecule has 0 spiro atoms. The lowest BCUT2D eigenvalue weighted by Gasteiger charge is -2.25. The first-order valence-electron chi connectivity index (χ1n) is 6.28. The number of amides is 1. The number of nitrogens with zero attached hydrogens (tertiary/aromatic N) is 3. The molecule has 0 unspecified atom stereocenters. The van der Waals surface area contributed by atoms with Crippen LogP contribution < -0.4 is 0 Å². The van der Waals surface area contributed by atoms with E-state index in [1.807, 2.05) is 15.7 Å². The second-order valence-electron chi connectivity index (χ2n) is 4.64. The standard InChI is InChI=1S/C12H17N3O2/c16-12(14-4-2-1-3-5-14)10-8-15-6-7-17-9-11(15)13-10/h8H,1-7,9H2. The van der Waals surface area contributed by atoms with Crippen molar-refractivity contribution < 1.29 is 9.53 Å². The third kappa shape index (κ3) is 2.07. The molecule has 3 rings (SSSR count). The summed E-state index contributed by atoms with van der Waals surface area (Å²) in [6.45, 7) is 3.78. The van der Waals surface area contributed by atoms with Gasteiger partial charge in [-0.2, -0.15) is 0 Å². The zero-order valence-electron chi connectivity index (χ0n) is 9.89. The highest BCUT2D eigenvalue weighted by molar-refractivity contribution is 5.92. The van der Waals surface area contributed by atoms with Gasteiger partial charge in [0.2, 0.25) is 0 Å². The van der Waals surface area contributed by atoms with Gasteiger partial charge in [-0.05, 0) is 19.3 Å². The van der Waals surface area contributed by atoms with Crippen molar-refractivity contribution in [3.8, 4) is 0 Å². The lowest BCUT2D eigenvalue weighted by molar-refractivity contribution is 0.0718. The molecule has 1 aromatic rings. The van der Waals surface area contributed by atoms with E-state index in [-0.39, 0.29) is 5.91 Å². The number of hydrogen-bond acceptors (Lipinski definition) is 3. The molecule has 92 valence electrons. The third-order valence-corrected chi connectivity index (χ3v) is 3.43. The average molecular weight is 235 g/mol. The number of piperidine rings is 1. The fourth-order valence-electron chi connectivity index (χ4n) is 2.45. The van der Waals surface area contributed by atoms with Crippen molar-refractivity contribution in [1.82, 2.24) is 14.5 Å². The summed E-state index contributed by atoms with van der Waals surface area (Å²) in [5.41, 5.74) is 0.576. The van der Waals surface area contributed by atoms with Crippen molar-refractivity contribution in [2.45, 2.75) is 32.4 Å². The van der Waals surface area contributed by atoms with Gasteiger partial charge in [0, 0.05) is 25.8 Å². The highest BCUT2D eigenvalue weighted by Crippen LogP contribution is 2.15. The van der Waals surface area contributed by atoms with Crippen LogP contribution in [-0.4, -0.2) is 40.1 Å². The summed E-state index contributed by atoms with van der Waals surface area (Å²) in [4.78, 5) is 18.5. The van der Waals surface area contributed by atoms with Crippen molar-refractivity contribution in [3.05, 3.63) is 17.7 Å². The summed E-state index contributed by atoms with van der Waals surface area (Å²) in [5, 5.41) is 0. The lowest BCUT2D eigenvalue weighted by Crippen LogP contribution is -2.35. The molecule has 2 aliphatic heterocycles. The molecule has 0 bridgehead atoms. The van der Waals surface area contributed by atoms with Gasteiger partial charge < -0.3 is 14.2 Å². The number of carbonyl (C=O) groups is 1. The highest BCUT2D eigenvalue weighted by atomic mass is 16.5. The quantitative estimate of drug-likeness (QED) is 0.730. The maximum absolute atomic E-state index is 12.2.